The lowest BCUT2D eigenvalue weighted by atomic mass is 10.1. The summed E-state index contributed by atoms with van der Waals surface area (Å²) in [5, 5.41) is 2.98. The number of pyridine rings is 2. The van der Waals surface area contributed by atoms with Crippen molar-refractivity contribution in [3.63, 3.8) is 0 Å². The van der Waals surface area contributed by atoms with Crippen molar-refractivity contribution in [1.82, 2.24) is 15.3 Å². The molecule has 2 aromatic heterocycles. The Morgan fingerprint density at radius 1 is 1.07 bits per heavy atom. The number of hydrogen-bond donors (Lipinski definition) is 1. The number of hydrogen-bond acceptors (Lipinski definition) is 4. The van der Waals surface area contributed by atoms with Crippen LogP contribution in [-0.2, 0) is 17.8 Å². The van der Waals surface area contributed by atoms with E-state index < -0.39 is 0 Å². The Bertz CT molecular complexity index is 881. The van der Waals surface area contributed by atoms with E-state index in [4.69, 9.17) is 4.74 Å². The maximum absolute atomic E-state index is 12.2. The standard InChI is InChI=1S/C22H23N3O2/c1-2-27-21-6-4-3-5-19(21)7-8-22(26)25-16-17-9-14-24-20(15-17)18-10-12-23-13-11-18/h3-6,9-15H,2,7-8,16H2,1H3,(H,25,26). The third-order valence-corrected chi connectivity index (χ3v) is 4.18. The largest absolute Gasteiger partial charge is 0.494 e. The summed E-state index contributed by atoms with van der Waals surface area (Å²) >= 11 is 0. The minimum atomic E-state index is 0.0172. The van der Waals surface area contributed by atoms with Crippen molar-refractivity contribution in [2.24, 2.45) is 0 Å². The van der Waals surface area contributed by atoms with Crippen LogP contribution in [-0.4, -0.2) is 22.5 Å². The minimum absolute atomic E-state index is 0.0172. The number of para-hydroxylation sites is 1. The number of aromatic nitrogens is 2. The van der Waals surface area contributed by atoms with Gasteiger partial charge in [-0.05, 0) is 54.8 Å². The first-order chi connectivity index (χ1) is 13.3. The second-order valence-corrected chi connectivity index (χ2v) is 6.10. The van der Waals surface area contributed by atoms with Crippen LogP contribution < -0.4 is 10.1 Å². The normalized spacial score (nSPS) is 10.4. The first kappa shape index (κ1) is 18.6. The third kappa shape index (κ3) is 5.38. The third-order valence-electron chi connectivity index (χ3n) is 4.18. The number of rotatable bonds is 8. The summed E-state index contributed by atoms with van der Waals surface area (Å²) in [6.07, 6.45) is 6.32. The molecule has 1 N–H and O–H groups in total. The summed E-state index contributed by atoms with van der Waals surface area (Å²) < 4.78 is 5.61. The quantitative estimate of drug-likeness (QED) is 0.663. The summed E-state index contributed by atoms with van der Waals surface area (Å²) in [6, 6.07) is 15.6. The Kier molecular flexibility index (Phi) is 6.52. The first-order valence-electron chi connectivity index (χ1n) is 9.09. The van der Waals surface area contributed by atoms with Crippen molar-refractivity contribution in [2.45, 2.75) is 26.3 Å². The zero-order valence-corrected chi connectivity index (χ0v) is 15.4. The van der Waals surface area contributed by atoms with E-state index in [2.05, 4.69) is 15.3 Å². The SMILES string of the molecule is CCOc1ccccc1CCC(=O)NCc1ccnc(-c2ccncc2)c1. The van der Waals surface area contributed by atoms with Gasteiger partial charge in [0.25, 0.3) is 0 Å². The van der Waals surface area contributed by atoms with Gasteiger partial charge in [-0.2, -0.15) is 0 Å². The summed E-state index contributed by atoms with van der Waals surface area (Å²) in [4.78, 5) is 20.6. The number of carbonyl (C=O) groups is 1. The number of amides is 1. The Labute approximate surface area is 159 Å². The van der Waals surface area contributed by atoms with Crippen LogP contribution in [0.4, 0.5) is 0 Å². The molecule has 1 amide bonds. The van der Waals surface area contributed by atoms with Gasteiger partial charge in [0.2, 0.25) is 5.91 Å². The van der Waals surface area contributed by atoms with E-state index in [0.717, 1.165) is 28.1 Å². The van der Waals surface area contributed by atoms with E-state index in [1.165, 1.54) is 0 Å². The van der Waals surface area contributed by atoms with E-state index in [-0.39, 0.29) is 5.91 Å². The van der Waals surface area contributed by atoms with Gasteiger partial charge in [-0.15, -0.1) is 0 Å². The topological polar surface area (TPSA) is 64.1 Å². The molecule has 0 atom stereocenters. The van der Waals surface area contributed by atoms with E-state index in [0.29, 0.717) is 26.0 Å². The highest BCUT2D eigenvalue weighted by Gasteiger charge is 2.07. The molecule has 3 rings (SSSR count). The number of benzene rings is 1. The second-order valence-electron chi connectivity index (χ2n) is 6.10. The molecule has 0 aliphatic heterocycles. The zero-order chi connectivity index (χ0) is 18.9. The highest BCUT2D eigenvalue weighted by Crippen LogP contribution is 2.19. The van der Waals surface area contributed by atoms with Gasteiger partial charge >= 0.3 is 0 Å². The zero-order valence-electron chi connectivity index (χ0n) is 15.4. The van der Waals surface area contributed by atoms with Crippen LogP contribution in [0.5, 0.6) is 5.75 Å². The molecule has 0 fully saturated rings. The molecular weight excluding hydrogens is 338 g/mol. The molecule has 0 bridgehead atoms. The van der Waals surface area contributed by atoms with E-state index in [1.54, 1.807) is 18.6 Å². The highest BCUT2D eigenvalue weighted by atomic mass is 16.5. The van der Waals surface area contributed by atoms with Crippen molar-refractivity contribution in [1.29, 1.82) is 0 Å². The van der Waals surface area contributed by atoms with E-state index in [9.17, 15) is 4.79 Å². The highest BCUT2D eigenvalue weighted by molar-refractivity contribution is 5.76. The number of aryl methyl sites for hydroxylation is 1. The van der Waals surface area contributed by atoms with Gasteiger partial charge in [-0.1, -0.05) is 18.2 Å². The average Bonchev–Trinajstić information content (AvgIpc) is 2.73. The molecule has 1 aromatic carbocycles. The van der Waals surface area contributed by atoms with E-state index in [1.807, 2.05) is 55.5 Å². The van der Waals surface area contributed by atoms with Crippen LogP contribution in [0.3, 0.4) is 0 Å². The van der Waals surface area contributed by atoms with Gasteiger partial charge in [0.15, 0.2) is 0 Å². The fourth-order valence-corrected chi connectivity index (χ4v) is 2.81. The maximum atomic E-state index is 12.2. The lowest BCUT2D eigenvalue weighted by Gasteiger charge is -2.10. The lowest BCUT2D eigenvalue weighted by Crippen LogP contribution is -2.23. The van der Waals surface area contributed by atoms with Crippen LogP contribution in [0.25, 0.3) is 11.3 Å². The summed E-state index contributed by atoms with van der Waals surface area (Å²) in [5.41, 5.74) is 3.94. The van der Waals surface area contributed by atoms with Gasteiger partial charge in [0.1, 0.15) is 5.75 Å². The van der Waals surface area contributed by atoms with Crippen LogP contribution in [0.2, 0.25) is 0 Å². The molecule has 0 saturated heterocycles. The molecule has 138 valence electrons. The smallest absolute Gasteiger partial charge is 0.220 e. The maximum Gasteiger partial charge on any atom is 0.220 e. The fraction of sp³-hybridized carbons (Fsp3) is 0.227. The van der Waals surface area contributed by atoms with Crippen molar-refractivity contribution in [3.05, 3.63) is 78.2 Å². The fourth-order valence-electron chi connectivity index (χ4n) is 2.81. The molecule has 5 heteroatoms. The predicted octanol–water partition coefficient (Wildman–Crippen LogP) is 3.79. The van der Waals surface area contributed by atoms with Gasteiger partial charge in [-0.25, -0.2) is 0 Å². The van der Waals surface area contributed by atoms with Gasteiger partial charge in [0.05, 0.1) is 12.3 Å². The van der Waals surface area contributed by atoms with Gasteiger partial charge in [-0.3, -0.25) is 14.8 Å². The number of nitrogens with zero attached hydrogens (tertiary/aromatic N) is 2. The molecular formula is C22H23N3O2. The van der Waals surface area contributed by atoms with Crippen molar-refractivity contribution in [3.8, 4) is 17.0 Å². The summed E-state index contributed by atoms with van der Waals surface area (Å²) in [5.74, 6) is 0.868. The molecule has 2 heterocycles. The molecule has 0 unspecified atom stereocenters. The van der Waals surface area contributed by atoms with Crippen LogP contribution >= 0.6 is 0 Å². The predicted molar refractivity (Wildman–Crippen MR) is 105 cm³/mol. The van der Waals surface area contributed by atoms with Crippen molar-refractivity contribution >= 4 is 5.91 Å². The number of nitrogens with one attached hydrogen (secondary N) is 1. The van der Waals surface area contributed by atoms with Crippen LogP contribution in [0.15, 0.2) is 67.1 Å². The average molecular weight is 361 g/mol. The van der Waals surface area contributed by atoms with E-state index >= 15 is 0 Å². The molecule has 27 heavy (non-hydrogen) atoms. The van der Waals surface area contributed by atoms with Gasteiger partial charge in [0, 0.05) is 37.1 Å². The van der Waals surface area contributed by atoms with Crippen molar-refractivity contribution in [2.75, 3.05) is 6.61 Å². The first-order valence-corrected chi connectivity index (χ1v) is 9.09. The lowest BCUT2D eigenvalue weighted by molar-refractivity contribution is -0.121. The Morgan fingerprint density at radius 3 is 2.70 bits per heavy atom. The number of carbonyl (C=O) groups excluding carboxylic acids is 1. The molecule has 0 aliphatic rings. The van der Waals surface area contributed by atoms with Crippen LogP contribution in [0, 0.1) is 0 Å². The number of ether oxygens (including phenoxy) is 1. The van der Waals surface area contributed by atoms with Crippen LogP contribution in [0.1, 0.15) is 24.5 Å². The van der Waals surface area contributed by atoms with Crippen molar-refractivity contribution < 1.29 is 9.53 Å². The van der Waals surface area contributed by atoms with Gasteiger partial charge < -0.3 is 10.1 Å². The summed E-state index contributed by atoms with van der Waals surface area (Å²) in [6.45, 7) is 3.05. The molecule has 0 radical (unpaired) electrons. The Balaban J connectivity index is 1.54. The Hall–Kier alpha value is -3.21. The minimum Gasteiger partial charge on any atom is -0.494 e. The summed E-state index contributed by atoms with van der Waals surface area (Å²) in [7, 11) is 0. The molecule has 3 aromatic rings. The molecule has 5 nitrogen and oxygen atoms in total. The molecule has 0 spiro atoms. The second kappa shape index (κ2) is 9.48. The Morgan fingerprint density at radius 2 is 1.89 bits per heavy atom. The molecule has 0 aliphatic carbocycles. The monoisotopic (exact) mass is 361 g/mol. The molecule has 0 saturated carbocycles.